The van der Waals surface area contributed by atoms with E-state index in [1.807, 2.05) is 17.2 Å². The fourth-order valence-electron chi connectivity index (χ4n) is 3.23. The number of aromatic nitrogens is 4. The maximum Gasteiger partial charge on any atom is 0.257 e. The van der Waals surface area contributed by atoms with E-state index in [0.717, 1.165) is 17.3 Å². The lowest BCUT2D eigenvalue weighted by Gasteiger charge is -2.23. The van der Waals surface area contributed by atoms with E-state index in [4.69, 9.17) is 4.74 Å². The molecule has 1 fully saturated rings. The number of hydrogen-bond donors (Lipinski definition) is 1. The zero-order valence-electron chi connectivity index (χ0n) is 13.8. The molecule has 2 aromatic heterocycles. The van der Waals surface area contributed by atoms with Gasteiger partial charge in [-0.2, -0.15) is 5.10 Å². The molecule has 1 saturated heterocycles. The second kappa shape index (κ2) is 6.98. The van der Waals surface area contributed by atoms with Gasteiger partial charge in [0.15, 0.2) is 0 Å². The van der Waals surface area contributed by atoms with E-state index in [1.165, 1.54) is 11.9 Å². The first-order valence-electron chi connectivity index (χ1n) is 8.33. The molecular weight excluding hydrogens is 318 g/mol. The maximum atomic E-state index is 12.7. The summed E-state index contributed by atoms with van der Waals surface area (Å²) >= 11 is 0. The Kier molecular flexibility index (Phi) is 4.39. The van der Waals surface area contributed by atoms with Crippen molar-refractivity contribution in [3.05, 3.63) is 54.2 Å². The molecule has 0 aliphatic carbocycles. The Bertz CT molecular complexity index is 864. The molecule has 0 saturated carbocycles. The van der Waals surface area contributed by atoms with Crippen LogP contribution >= 0.6 is 0 Å². The molecule has 3 aromatic rings. The van der Waals surface area contributed by atoms with E-state index in [2.05, 4.69) is 32.3 Å². The quantitative estimate of drug-likeness (QED) is 0.786. The lowest BCUT2D eigenvalue weighted by atomic mass is 9.98. The van der Waals surface area contributed by atoms with Gasteiger partial charge in [0.05, 0.1) is 30.5 Å². The molecule has 1 atom stereocenters. The molecule has 3 heterocycles. The smallest absolute Gasteiger partial charge is 0.257 e. The van der Waals surface area contributed by atoms with Gasteiger partial charge in [-0.15, -0.1) is 0 Å². The molecule has 4 rings (SSSR count). The fraction of sp³-hybridized carbons (Fsp3) is 0.333. The van der Waals surface area contributed by atoms with Crippen molar-refractivity contribution in [3.8, 4) is 0 Å². The Morgan fingerprint density at radius 1 is 1.28 bits per heavy atom. The third-order valence-electron chi connectivity index (χ3n) is 4.46. The van der Waals surface area contributed by atoms with Crippen molar-refractivity contribution in [3.63, 3.8) is 0 Å². The van der Waals surface area contributed by atoms with Crippen LogP contribution in [0.25, 0.3) is 10.9 Å². The molecule has 1 aliphatic heterocycles. The Hall–Kier alpha value is -2.80. The normalized spacial score (nSPS) is 18.2. The zero-order chi connectivity index (χ0) is 17.1. The van der Waals surface area contributed by atoms with E-state index in [1.54, 1.807) is 12.4 Å². The number of carbonyl (C=O) groups excluding carboxylic acids is 1. The molecule has 0 radical (unpaired) electrons. The van der Waals surface area contributed by atoms with Crippen LogP contribution in [0.3, 0.4) is 0 Å². The van der Waals surface area contributed by atoms with Gasteiger partial charge in [0.1, 0.15) is 6.33 Å². The molecule has 128 valence electrons. The number of H-pyrrole nitrogens is 1. The first-order chi connectivity index (χ1) is 12.3. The summed E-state index contributed by atoms with van der Waals surface area (Å²) in [5.41, 5.74) is 2.77. The average Bonchev–Trinajstić information content (AvgIpc) is 2.99. The van der Waals surface area contributed by atoms with Gasteiger partial charge in [-0.1, -0.05) is 6.07 Å². The average molecular weight is 337 g/mol. The van der Waals surface area contributed by atoms with Gasteiger partial charge >= 0.3 is 0 Å². The molecular formula is C18H19N5O2. The minimum atomic E-state index is -0.0404. The summed E-state index contributed by atoms with van der Waals surface area (Å²) in [6.45, 7) is 2.46. The van der Waals surface area contributed by atoms with Crippen molar-refractivity contribution in [2.45, 2.75) is 6.42 Å². The summed E-state index contributed by atoms with van der Waals surface area (Å²) in [6.07, 6.45) is 7.23. The number of aromatic amines is 1. The highest BCUT2D eigenvalue weighted by atomic mass is 16.5. The van der Waals surface area contributed by atoms with Crippen LogP contribution in [0.4, 0.5) is 0 Å². The second-order valence-corrected chi connectivity index (χ2v) is 6.31. The van der Waals surface area contributed by atoms with Crippen molar-refractivity contribution in [2.75, 3.05) is 26.3 Å². The summed E-state index contributed by atoms with van der Waals surface area (Å²) in [6, 6.07) is 6.28. The fourth-order valence-corrected chi connectivity index (χ4v) is 3.23. The van der Waals surface area contributed by atoms with Crippen molar-refractivity contribution in [1.29, 1.82) is 0 Å². The number of ether oxygens (including phenoxy) is 1. The van der Waals surface area contributed by atoms with Gasteiger partial charge in [0.25, 0.3) is 5.91 Å². The van der Waals surface area contributed by atoms with Gasteiger partial charge in [-0.3, -0.25) is 9.89 Å². The number of hydrogen-bond acceptors (Lipinski definition) is 5. The SMILES string of the molecule is O=C(c1cncnc1)N1CCOCC(Cc2ccc3[nH]ncc3c2)C1. The summed E-state index contributed by atoms with van der Waals surface area (Å²) in [7, 11) is 0. The molecule has 7 nitrogen and oxygen atoms in total. The predicted octanol–water partition coefficient (Wildman–Crippen LogP) is 1.68. The first kappa shape index (κ1) is 15.7. The highest BCUT2D eigenvalue weighted by Gasteiger charge is 2.24. The third kappa shape index (κ3) is 3.51. The van der Waals surface area contributed by atoms with Gasteiger partial charge in [0, 0.05) is 36.8 Å². The first-order valence-corrected chi connectivity index (χ1v) is 8.33. The molecule has 1 aromatic carbocycles. The van der Waals surface area contributed by atoms with Crippen LogP contribution in [0.5, 0.6) is 0 Å². The summed E-state index contributed by atoms with van der Waals surface area (Å²) in [5, 5.41) is 8.12. The van der Waals surface area contributed by atoms with Crippen LogP contribution in [-0.2, 0) is 11.2 Å². The van der Waals surface area contributed by atoms with E-state index >= 15 is 0 Å². The molecule has 1 N–H and O–H groups in total. The molecule has 1 aliphatic rings. The number of amides is 1. The monoisotopic (exact) mass is 337 g/mol. The summed E-state index contributed by atoms with van der Waals surface area (Å²) < 4.78 is 5.72. The Balaban J connectivity index is 1.48. The Morgan fingerprint density at radius 3 is 3.04 bits per heavy atom. The van der Waals surface area contributed by atoms with Gasteiger partial charge in [0.2, 0.25) is 0 Å². The van der Waals surface area contributed by atoms with Crippen molar-refractivity contribution < 1.29 is 9.53 Å². The lowest BCUT2D eigenvalue weighted by Crippen LogP contribution is -2.36. The zero-order valence-corrected chi connectivity index (χ0v) is 13.8. The van der Waals surface area contributed by atoms with E-state index in [9.17, 15) is 4.79 Å². The minimum Gasteiger partial charge on any atom is -0.379 e. The van der Waals surface area contributed by atoms with E-state index in [-0.39, 0.29) is 11.8 Å². The van der Waals surface area contributed by atoms with Crippen LogP contribution in [0.15, 0.2) is 43.1 Å². The van der Waals surface area contributed by atoms with Crippen molar-refractivity contribution in [1.82, 2.24) is 25.1 Å². The van der Waals surface area contributed by atoms with Crippen molar-refractivity contribution in [2.24, 2.45) is 5.92 Å². The second-order valence-electron chi connectivity index (χ2n) is 6.31. The van der Waals surface area contributed by atoms with Gasteiger partial charge in [-0.05, 0) is 24.1 Å². The molecule has 1 unspecified atom stereocenters. The Morgan fingerprint density at radius 2 is 2.16 bits per heavy atom. The van der Waals surface area contributed by atoms with Crippen LogP contribution in [0.1, 0.15) is 15.9 Å². The standard InChI is InChI=1S/C18H19N5O2/c24-18(16-7-19-12-20-8-16)23-3-4-25-11-14(10-23)5-13-1-2-17-15(6-13)9-21-22-17/h1-2,6-9,12,14H,3-5,10-11H2,(H,21,22). The number of carbonyl (C=O) groups is 1. The van der Waals surface area contributed by atoms with Crippen LogP contribution in [-0.4, -0.2) is 57.3 Å². The highest BCUT2D eigenvalue weighted by molar-refractivity contribution is 5.93. The minimum absolute atomic E-state index is 0.0404. The lowest BCUT2D eigenvalue weighted by molar-refractivity contribution is 0.0736. The summed E-state index contributed by atoms with van der Waals surface area (Å²) in [5.74, 6) is 0.210. The third-order valence-corrected chi connectivity index (χ3v) is 4.46. The van der Waals surface area contributed by atoms with E-state index < -0.39 is 0 Å². The molecule has 0 bridgehead atoms. The van der Waals surface area contributed by atoms with Crippen molar-refractivity contribution >= 4 is 16.8 Å². The van der Waals surface area contributed by atoms with E-state index in [0.29, 0.717) is 31.9 Å². The van der Waals surface area contributed by atoms with Gasteiger partial charge < -0.3 is 9.64 Å². The molecule has 0 spiro atoms. The van der Waals surface area contributed by atoms with Crippen LogP contribution in [0.2, 0.25) is 0 Å². The summed E-state index contributed by atoms with van der Waals surface area (Å²) in [4.78, 5) is 22.4. The predicted molar refractivity (Wildman–Crippen MR) is 92.0 cm³/mol. The topological polar surface area (TPSA) is 84.0 Å². The number of fused-ring (bicyclic) bond motifs is 1. The molecule has 7 heteroatoms. The van der Waals surface area contributed by atoms with Gasteiger partial charge in [-0.25, -0.2) is 9.97 Å². The largest absolute Gasteiger partial charge is 0.379 e. The molecule has 1 amide bonds. The maximum absolute atomic E-state index is 12.7. The van der Waals surface area contributed by atoms with Crippen LogP contribution in [0, 0.1) is 5.92 Å². The number of nitrogens with one attached hydrogen (secondary N) is 1. The number of benzene rings is 1. The van der Waals surface area contributed by atoms with Crippen LogP contribution < -0.4 is 0 Å². The number of nitrogens with zero attached hydrogens (tertiary/aromatic N) is 4. The number of rotatable bonds is 3. The molecule has 25 heavy (non-hydrogen) atoms. The highest BCUT2D eigenvalue weighted by Crippen LogP contribution is 2.19. The Labute approximate surface area is 145 Å².